The predicted molar refractivity (Wildman–Crippen MR) is 79.1 cm³/mol. The Hall–Kier alpha value is -1.11. The van der Waals surface area contributed by atoms with Crippen molar-refractivity contribution in [1.82, 2.24) is 0 Å². The second-order valence-corrected chi connectivity index (χ2v) is 7.13. The average molecular weight is 298 g/mol. The minimum absolute atomic E-state index is 0.230. The van der Waals surface area contributed by atoms with Crippen molar-refractivity contribution in [3.63, 3.8) is 0 Å². The van der Waals surface area contributed by atoms with Crippen molar-refractivity contribution in [2.45, 2.75) is 36.9 Å². The van der Waals surface area contributed by atoms with Crippen molar-refractivity contribution in [3.8, 4) is 5.75 Å². The van der Waals surface area contributed by atoms with Crippen LogP contribution in [0.2, 0.25) is 0 Å². The zero-order chi connectivity index (χ0) is 14.6. The van der Waals surface area contributed by atoms with Gasteiger partial charge in [0.1, 0.15) is 12.4 Å². The quantitative estimate of drug-likeness (QED) is 0.857. The molecule has 0 heterocycles. The second kappa shape index (κ2) is 6.56. The van der Waals surface area contributed by atoms with Gasteiger partial charge in [-0.25, -0.2) is 13.6 Å². The van der Waals surface area contributed by atoms with Crippen molar-refractivity contribution in [3.05, 3.63) is 29.8 Å². The highest BCUT2D eigenvalue weighted by atomic mass is 32.2. The number of rotatable bonds is 5. The molecule has 20 heavy (non-hydrogen) atoms. The summed E-state index contributed by atoms with van der Waals surface area (Å²) >= 11 is 0. The number of ether oxygens (including phenoxy) is 1. The molecule has 0 amide bonds. The molecular formula is C14H22N2O3S. The van der Waals surface area contributed by atoms with Crippen molar-refractivity contribution >= 4 is 10.0 Å². The van der Waals surface area contributed by atoms with Crippen LogP contribution >= 0.6 is 0 Å². The van der Waals surface area contributed by atoms with Gasteiger partial charge in [0, 0.05) is 6.54 Å². The van der Waals surface area contributed by atoms with Gasteiger partial charge in [-0.1, -0.05) is 18.6 Å². The molecule has 0 spiro atoms. The monoisotopic (exact) mass is 298 g/mol. The molecule has 2 atom stereocenters. The zero-order valence-electron chi connectivity index (χ0n) is 11.5. The molecule has 0 saturated heterocycles. The lowest BCUT2D eigenvalue weighted by Gasteiger charge is -2.28. The van der Waals surface area contributed by atoms with Gasteiger partial charge in [0.05, 0.1) is 5.25 Å². The Kier molecular flexibility index (Phi) is 5.01. The first kappa shape index (κ1) is 15.3. The smallest absolute Gasteiger partial charge is 0.211 e. The predicted octanol–water partition coefficient (Wildman–Crippen LogP) is 1.34. The van der Waals surface area contributed by atoms with E-state index >= 15 is 0 Å². The van der Waals surface area contributed by atoms with Crippen LogP contribution in [0.1, 0.15) is 37.2 Å². The van der Waals surface area contributed by atoms with Crippen molar-refractivity contribution in [2.24, 2.45) is 10.9 Å². The zero-order valence-corrected chi connectivity index (χ0v) is 12.3. The number of nitrogens with two attached hydrogens (primary N) is 2. The van der Waals surface area contributed by atoms with Crippen molar-refractivity contribution < 1.29 is 13.2 Å². The molecule has 1 aliphatic rings. The lowest BCUT2D eigenvalue weighted by Crippen LogP contribution is -2.32. The highest BCUT2D eigenvalue weighted by Gasteiger charge is 2.30. The van der Waals surface area contributed by atoms with Gasteiger partial charge in [0.15, 0.2) is 0 Å². The van der Waals surface area contributed by atoms with Crippen LogP contribution in [0.15, 0.2) is 24.3 Å². The van der Waals surface area contributed by atoms with Crippen LogP contribution in [0.3, 0.4) is 0 Å². The Labute approximate surface area is 120 Å². The van der Waals surface area contributed by atoms with Gasteiger partial charge < -0.3 is 10.5 Å². The largest absolute Gasteiger partial charge is 0.492 e. The molecule has 0 radical (unpaired) electrons. The van der Waals surface area contributed by atoms with E-state index in [1.54, 1.807) is 0 Å². The van der Waals surface area contributed by atoms with Gasteiger partial charge in [-0.2, -0.15) is 0 Å². The van der Waals surface area contributed by atoms with E-state index in [9.17, 15) is 8.42 Å². The lowest BCUT2D eigenvalue weighted by molar-refractivity contribution is 0.327. The van der Waals surface area contributed by atoms with E-state index < -0.39 is 15.3 Å². The summed E-state index contributed by atoms with van der Waals surface area (Å²) in [5.41, 5.74) is 6.54. The molecule has 5 nitrogen and oxygen atoms in total. The first-order chi connectivity index (χ1) is 9.50. The molecule has 6 heteroatoms. The summed E-state index contributed by atoms with van der Waals surface area (Å²) in [6.45, 7) is 0.953. The molecule has 1 aromatic rings. The molecule has 4 N–H and O–H groups in total. The number of benzene rings is 1. The van der Waals surface area contributed by atoms with Crippen molar-refractivity contribution in [1.29, 1.82) is 0 Å². The first-order valence-electron chi connectivity index (χ1n) is 6.95. The van der Waals surface area contributed by atoms with E-state index in [1.807, 2.05) is 24.3 Å². The highest BCUT2D eigenvalue weighted by molar-refractivity contribution is 7.89. The third-order valence-electron chi connectivity index (χ3n) is 3.81. The van der Waals surface area contributed by atoms with E-state index in [-0.39, 0.29) is 5.92 Å². The normalized spacial score (nSPS) is 23.5. The van der Waals surface area contributed by atoms with Gasteiger partial charge in [0.2, 0.25) is 10.0 Å². The number of hydrogen-bond acceptors (Lipinski definition) is 4. The average Bonchev–Trinajstić information content (AvgIpc) is 2.45. The number of hydrogen-bond donors (Lipinski definition) is 2. The van der Waals surface area contributed by atoms with E-state index in [1.165, 1.54) is 0 Å². The molecule has 0 aromatic heterocycles. The fourth-order valence-corrected chi connectivity index (χ4v) is 3.78. The lowest BCUT2D eigenvalue weighted by atomic mass is 9.84. The molecule has 1 aromatic carbocycles. The third kappa shape index (κ3) is 3.94. The molecule has 2 rings (SSSR count). The molecule has 0 bridgehead atoms. The van der Waals surface area contributed by atoms with Gasteiger partial charge in [-0.15, -0.1) is 0 Å². The summed E-state index contributed by atoms with van der Waals surface area (Å²) in [6.07, 6.45) is 3.14. The van der Waals surface area contributed by atoms with Crippen LogP contribution in [-0.4, -0.2) is 26.8 Å². The minimum atomic E-state index is -3.44. The Morgan fingerprint density at radius 1 is 1.30 bits per heavy atom. The Morgan fingerprint density at radius 3 is 2.80 bits per heavy atom. The van der Waals surface area contributed by atoms with Gasteiger partial charge in [-0.3, -0.25) is 0 Å². The van der Waals surface area contributed by atoms with Crippen molar-refractivity contribution in [2.75, 3.05) is 13.2 Å². The summed E-state index contributed by atoms with van der Waals surface area (Å²) in [4.78, 5) is 0. The summed E-state index contributed by atoms with van der Waals surface area (Å²) in [6, 6.07) is 7.82. The molecule has 1 aliphatic carbocycles. The van der Waals surface area contributed by atoms with Crippen LogP contribution in [-0.2, 0) is 10.0 Å². The van der Waals surface area contributed by atoms with Gasteiger partial charge in [-0.05, 0) is 42.9 Å². The molecule has 2 unspecified atom stereocenters. The minimum Gasteiger partial charge on any atom is -0.492 e. The summed E-state index contributed by atoms with van der Waals surface area (Å²) in [5, 5.41) is 4.86. The standard InChI is InChI=1S/C14H22N2O3S/c15-7-8-19-13-5-1-3-11(9-13)12-4-2-6-14(10-12)20(16,17)18/h1,3,5,9,12,14H,2,4,6-8,10,15H2,(H2,16,17,18). The maximum Gasteiger partial charge on any atom is 0.211 e. The van der Waals surface area contributed by atoms with Crippen LogP contribution in [0.25, 0.3) is 0 Å². The van der Waals surface area contributed by atoms with E-state index in [0.29, 0.717) is 26.0 Å². The van der Waals surface area contributed by atoms with Crippen LogP contribution in [0, 0.1) is 0 Å². The number of sulfonamides is 1. The molecule has 1 saturated carbocycles. The second-order valence-electron chi connectivity index (χ2n) is 5.28. The van der Waals surface area contributed by atoms with E-state index in [0.717, 1.165) is 24.2 Å². The first-order valence-corrected chi connectivity index (χ1v) is 8.56. The van der Waals surface area contributed by atoms with E-state index in [2.05, 4.69) is 0 Å². The van der Waals surface area contributed by atoms with Crippen LogP contribution < -0.4 is 15.6 Å². The SMILES string of the molecule is NCCOc1cccc(C2CCCC(S(N)(=O)=O)C2)c1. The number of primary sulfonamides is 1. The molecule has 1 fully saturated rings. The molecular weight excluding hydrogens is 276 g/mol. The fraction of sp³-hybridized carbons (Fsp3) is 0.571. The summed E-state index contributed by atoms with van der Waals surface area (Å²) < 4.78 is 28.5. The Morgan fingerprint density at radius 2 is 2.10 bits per heavy atom. The maximum absolute atomic E-state index is 11.5. The maximum atomic E-state index is 11.5. The fourth-order valence-electron chi connectivity index (χ4n) is 2.78. The van der Waals surface area contributed by atoms with Gasteiger partial charge >= 0.3 is 0 Å². The van der Waals surface area contributed by atoms with E-state index in [4.69, 9.17) is 15.6 Å². The summed E-state index contributed by atoms with van der Waals surface area (Å²) in [5.74, 6) is 1.01. The van der Waals surface area contributed by atoms with Crippen LogP contribution in [0.5, 0.6) is 5.75 Å². The Balaban J connectivity index is 2.10. The topological polar surface area (TPSA) is 95.4 Å². The highest BCUT2D eigenvalue weighted by Crippen LogP contribution is 2.36. The third-order valence-corrected chi connectivity index (χ3v) is 5.16. The summed E-state index contributed by atoms with van der Waals surface area (Å²) in [7, 11) is -3.44. The molecule has 112 valence electrons. The van der Waals surface area contributed by atoms with Gasteiger partial charge in [0.25, 0.3) is 0 Å². The van der Waals surface area contributed by atoms with Crippen LogP contribution in [0.4, 0.5) is 0 Å². The molecule has 0 aliphatic heterocycles. The Bertz CT molecular complexity index is 545.